The van der Waals surface area contributed by atoms with Crippen molar-refractivity contribution in [3.8, 4) is 12.3 Å². The highest BCUT2D eigenvalue weighted by atomic mass is 16.4. The molecular formula is C18H28O3. The third-order valence-electron chi connectivity index (χ3n) is 3.29. The first-order valence-corrected chi connectivity index (χ1v) is 7.98. The molecule has 0 heterocycles. The lowest BCUT2D eigenvalue weighted by molar-refractivity contribution is -0.137. The van der Waals surface area contributed by atoms with Crippen LogP contribution in [0.3, 0.4) is 0 Å². The average Bonchev–Trinajstić information content (AvgIpc) is 2.44. The molecule has 0 rings (SSSR count). The predicted octanol–water partition coefficient (Wildman–Crippen LogP) is 4.51. The molecule has 0 unspecified atom stereocenters. The Hall–Kier alpha value is -1.56. The zero-order valence-corrected chi connectivity index (χ0v) is 13.0. The third kappa shape index (κ3) is 16.4. The molecule has 0 atom stereocenters. The molecule has 1 N–H and O–H groups in total. The number of carbonyl (C=O) groups excluding carboxylic acids is 1. The van der Waals surface area contributed by atoms with Gasteiger partial charge in [-0.15, -0.1) is 12.3 Å². The summed E-state index contributed by atoms with van der Waals surface area (Å²) < 4.78 is 0. The highest BCUT2D eigenvalue weighted by molar-refractivity contribution is 5.78. The van der Waals surface area contributed by atoms with Gasteiger partial charge >= 0.3 is 5.97 Å². The normalized spacial score (nSPS) is 10.6. The molecule has 118 valence electrons. The van der Waals surface area contributed by atoms with E-state index in [0.717, 1.165) is 51.4 Å². The molecule has 0 bridgehead atoms. The lowest BCUT2D eigenvalue weighted by Gasteiger charge is -1.98. The molecule has 0 radical (unpaired) electrons. The van der Waals surface area contributed by atoms with Crippen LogP contribution in [0.1, 0.15) is 77.0 Å². The minimum atomic E-state index is -0.702. The van der Waals surface area contributed by atoms with Crippen molar-refractivity contribution < 1.29 is 14.7 Å². The number of terminal acetylenes is 1. The van der Waals surface area contributed by atoms with E-state index in [1.165, 1.54) is 0 Å². The Bertz CT molecular complexity index is 350. The van der Waals surface area contributed by atoms with E-state index in [1.54, 1.807) is 0 Å². The van der Waals surface area contributed by atoms with E-state index in [0.29, 0.717) is 25.0 Å². The van der Waals surface area contributed by atoms with Gasteiger partial charge in [-0.1, -0.05) is 31.4 Å². The molecule has 0 aliphatic rings. The van der Waals surface area contributed by atoms with Gasteiger partial charge in [0, 0.05) is 25.7 Å². The van der Waals surface area contributed by atoms with Crippen LogP contribution in [0.4, 0.5) is 0 Å². The first kappa shape index (κ1) is 19.4. The number of rotatable bonds is 14. The Morgan fingerprint density at radius 1 is 0.857 bits per heavy atom. The van der Waals surface area contributed by atoms with Crippen molar-refractivity contribution in [2.45, 2.75) is 77.0 Å². The standard InChI is InChI=1S/C18H28O3/c1-2-3-11-14-17(19)15-12-9-7-5-4-6-8-10-13-16-18(20)21/h1,7,9H,3-6,8,10-16H2,(H,20,21). The van der Waals surface area contributed by atoms with Crippen molar-refractivity contribution in [2.24, 2.45) is 0 Å². The number of ketones is 1. The summed E-state index contributed by atoms with van der Waals surface area (Å²) in [6.45, 7) is 0. The smallest absolute Gasteiger partial charge is 0.303 e. The fourth-order valence-corrected chi connectivity index (χ4v) is 2.06. The van der Waals surface area contributed by atoms with E-state index in [-0.39, 0.29) is 6.42 Å². The maximum atomic E-state index is 11.5. The van der Waals surface area contributed by atoms with Crippen molar-refractivity contribution in [3.63, 3.8) is 0 Å². The molecule has 0 aromatic carbocycles. The van der Waals surface area contributed by atoms with Crippen molar-refractivity contribution >= 4 is 11.8 Å². The maximum absolute atomic E-state index is 11.5. The summed E-state index contributed by atoms with van der Waals surface area (Å²) in [5.74, 6) is 2.14. The number of aliphatic carboxylic acids is 1. The van der Waals surface area contributed by atoms with Crippen LogP contribution in [0.2, 0.25) is 0 Å². The van der Waals surface area contributed by atoms with Crippen LogP contribution < -0.4 is 0 Å². The lowest BCUT2D eigenvalue weighted by Crippen LogP contribution is -1.96. The molecule has 3 nitrogen and oxygen atoms in total. The zero-order valence-electron chi connectivity index (χ0n) is 13.0. The summed E-state index contributed by atoms with van der Waals surface area (Å²) in [5, 5.41) is 8.49. The Morgan fingerprint density at radius 2 is 1.52 bits per heavy atom. The number of unbranched alkanes of at least 4 members (excludes halogenated alkanes) is 6. The highest BCUT2D eigenvalue weighted by Gasteiger charge is 1.99. The van der Waals surface area contributed by atoms with Gasteiger partial charge in [-0.05, 0) is 32.1 Å². The molecule has 0 amide bonds. The van der Waals surface area contributed by atoms with Gasteiger partial charge in [0.1, 0.15) is 5.78 Å². The summed E-state index contributed by atoms with van der Waals surface area (Å²) in [6, 6.07) is 0. The first-order chi connectivity index (χ1) is 10.2. The number of hydrogen-bond donors (Lipinski definition) is 1. The summed E-state index contributed by atoms with van der Waals surface area (Å²) in [6.07, 6.45) is 19.4. The van der Waals surface area contributed by atoms with Crippen molar-refractivity contribution in [1.29, 1.82) is 0 Å². The second-order valence-corrected chi connectivity index (χ2v) is 5.31. The van der Waals surface area contributed by atoms with E-state index in [1.807, 2.05) is 0 Å². The van der Waals surface area contributed by atoms with Crippen LogP contribution in [-0.4, -0.2) is 16.9 Å². The van der Waals surface area contributed by atoms with Crippen molar-refractivity contribution in [3.05, 3.63) is 12.2 Å². The van der Waals surface area contributed by atoms with E-state index in [9.17, 15) is 9.59 Å². The van der Waals surface area contributed by atoms with Gasteiger partial charge in [0.2, 0.25) is 0 Å². The van der Waals surface area contributed by atoms with Crippen molar-refractivity contribution in [1.82, 2.24) is 0 Å². The van der Waals surface area contributed by atoms with Crippen LogP contribution in [-0.2, 0) is 9.59 Å². The van der Waals surface area contributed by atoms with Gasteiger partial charge in [0.15, 0.2) is 0 Å². The second kappa shape index (κ2) is 14.8. The molecule has 0 saturated heterocycles. The van der Waals surface area contributed by atoms with Gasteiger partial charge in [0.25, 0.3) is 0 Å². The summed E-state index contributed by atoms with van der Waals surface area (Å²) >= 11 is 0. The number of carbonyl (C=O) groups is 2. The van der Waals surface area contributed by atoms with Gasteiger partial charge in [-0.3, -0.25) is 9.59 Å². The molecule has 0 fully saturated rings. The third-order valence-corrected chi connectivity index (χ3v) is 3.29. The Labute approximate surface area is 128 Å². The van der Waals surface area contributed by atoms with Gasteiger partial charge in [-0.25, -0.2) is 0 Å². The number of carboxylic acid groups (broad SMARTS) is 1. The Morgan fingerprint density at radius 3 is 2.24 bits per heavy atom. The molecular weight excluding hydrogens is 264 g/mol. The molecule has 0 aliphatic heterocycles. The monoisotopic (exact) mass is 292 g/mol. The van der Waals surface area contributed by atoms with E-state index in [2.05, 4.69) is 18.1 Å². The minimum absolute atomic E-state index is 0.287. The summed E-state index contributed by atoms with van der Waals surface area (Å²) in [7, 11) is 0. The topological polar surface area (TPSA) is 54.4 Å². The predicted molar refractivity (Wildman–Crippen MR) is 86.0 cm³/mol. The van der Waals surface area contributed by atoms with Gasteiger partial charge < -0.3 is 5.11 Å². The first-order valence-electron chi connectivity index (χ1n) is 7.98. The highest BCUT2D eigenvalue weighted by Crippen LogP contribution is 2.08. The quantitative estimate of drug-likeness (QED) is 0.291. The van der Waals surface area contributed by atoms with Crippen LogP contribution in [0, 0.1) is 12.3 Å². The molecule has 0 spiro atoms. The minimum Gasteiger partial charge on any atom is -0.481 e. The number of carboxylic acids is 1. The van der Waals surface area contributed by atoms with E-state index >= 15 is 0 Å². The zero-order chi connectivity index (χ0) is 15.8. The van der Waals surface area contributed by atoms with E-state index in [4.69, 9.17) is 11.5 Å². The van der Waals surface area contributed by atoms with Gasteiger partial charge in [0.05, 0.1) is 0 Å². The molecule has 21 heavy (non-hydrogen) atoms. The fraction of sp³-hybridized carbons (Fsp3) is 0.667. The maximum Gasteiger partial charge on any atom is 0.303 e. The van der Waals surface area contributed by atoms with Crippen LogP contribution in [0.5, 0.6) is 0 Å². The van der Waals surface area contributed by atoms with Crippen molar-refractivity contribution in [2.75, 3.05) is 0 Å². The van der Waals surface area contributed by atoms with Crippen LogP contribution >= 0.6 is 0 Å². The summed E-state index contributed by atoms with van der Waals surface area (Å²) in [5.41, 5.74) is 0. The largest absolute Gasteiger partial charge is 0.481 e. The van der Waals surface area contributed by atoms with Gasteiger partial charge in [-0.2, -0.15) is 0 Å². The SMILES string of the molecule is C#CCCCC(=O)CCC=CCCCCCCCC(=O)O. The number of Topliss-reactive ketones (excluding diaryl/α,β-unsaturated/α-hetero) is 1. The molecule has 0 saturated carbocycles. The number of allylic oxidation sites excluding steroid dienone is 2. The lowest BCUT2D eigenvalue weighted by atomic mass is 10.1. The Balaban J connectivity index is 3.27. The average molecular weight is 292 g/mol. The Kier molecular flexibility index (Phi) is 13.7. The molecule has 0 aromatic heterocycles. The van der Waals surface area contributed by atoms with E-state index < -0.39 is 5.97 Å². The second-order valence-electron chi connectivity index (χ2n) is 5.31. The molecule has 0 aliphatic carbocycles. The summed E-state index contributed by atoms with van der Waals surface area (Å²) in [4.78, 5) is 21.8. The fourth-order valence-electron chi connectivity index (χ4n) is 2.06. The molecule has 0 aromatic rings. The van der Waals surface area contributed by atoms with Crippen LogP contribution in [0.15, 0.2) is 12.2 Å². The van der Waals surface area contributed by atoms with Crippen LogP contribution in [0.25, 0.3) is 0 Å². The number of hydrogen-bond acceptors (Lipinski definition) is 2. The molecule has 3 heteroatoms.